The Hall–Kier alpha value is -4.25. The lowest BCUT2D eigenvalue weighted by Crippen LogP contribution is -2.46. The summed E-state index contributed by atoms with van der Waals surface area (Å²) in [6, 6.07) is 9.03. The highest BCUT2D eigenvalue weighted by Crippen LogP contribution is 2.39. The van der Waals surface area contributed by atoms with Crippen molar-refractivity contribution in [2.45, 2.75) is 18.4 Å². The maximum Gasteiger partial charge on any atom is 0.254 e. The summed E-state index contributed by atoms with van der Waals surface area (Å²) in [7, 11) is 1.50. The molecule has 0 unspecified atom stereocenters. The Balaban J connectivity index is 1.52. The second-order valence-electron chi connectivity index (χ2n) is 8.85. The molecule has 5 rings (SSSR count). The molecule has 2 aliphatic rings. The molecule has 1 saturated heterocycles. The van der Waals surface area contributed by atoms with Gasteiger partial charge in [0.25, 0.3) is 11.8 Å². The number of fused-ring (bicyclic) bond motifs is 2. The van der Waals surface area contributed by atoms with Gasteiger partial charge in [-0.2, -0.15) is 0 Å². The van der Waals surface area contributed by atoms with Crippen molar-refractivity contribution in [3.63, 3.8) is 0 Å². The van der Waals surface area contributed by atoms with Crippen LogP contribution in [-0.4, -0.2) is 55.3 Å². The molecule has 0 aliphatic carbocycles. The molecule has 186 valence electrons. The summed E-state index contributed by atoms with van der Waals surface area (Å²) in [5.74, 6) is -2.26. The van der Waals surface area contributed by atoms with E-state index in [2.05, 4.69) is 10.6 Å². The van der Waals surface area contributed by atoms with Crippen LogP contribution >= 0.6 is 0 Å². The third kappa shape index (κ3) is 3.77. The summed E-state index contributed by atoms with van der Waals surface area (Å²) in [6.45, 7) is 0.480. The zero-order valence-electron chi connectivity index (χ0n) is 19.4. The molecule has 11 heteroatoms. The number of nitrogens with two attached hydrogens (primary N) is 1. The molecular weight excluding hydrogens is 471 g/mol. The molecule has 0 radical (unpaired) electrons. The Labute approximate surface area is 204 Å². The quantitative estimate of drug-likeness (QED) is 0.419. The van der Waals surface area contributed by atoms with Gasteiger partial charge in [0.1, 0.15) is 28.3 Å². The van der Waals surface area contributed by atoms with Crippen LogP contribution in [0.25, 0.3) is 11.0 Å². The van der Waals surface area contributed by atoms with E-state index in [1.54, 1.807) is 18.2 Å². The molecule has 10 nitrogen and oxygen atoms in total. The van der Waals surface area contributed by atoms with E-state index in [9.17, 15) is 23.6 Å². The molecular formula is C25H23FN4O6. The number of methoxy groups -OCH3 is 1. The Kier molecular flexibility index (Phi) is 5.71. The van der Waals surface area contributed by atoms with Crippen LogP contribution in [0.5, 0.6) is 5.75 Å². The van der Waals surface area contributed by atoms with Crippen LogP contribution < -0.4 is 21.1 Å². The number of benzene rings is 2. The first-order valence-electron chi connectivity index (χ1n) is 11.3. The van der Waals surface area contributed by atoms with Gasteiger partial charge in [-0.15, -0.1) is 0 Å². The van der Waals surface area contributed by atoms with E-state index in [0.717, 1.165) is 11.6 Å². The monoisotopic (exact) mass is 494 g/mol. The summed E-state index contributed by atoms with van der Waals surface area (Å²) in [6.07, 6.45) is -0.249. The molecule has 1 fully saturated rings. The largest absolute Gasteiger partial charge is 0.497 e. The maximum absolute atomic E-state index is 14.7. The van der Waals surface area contributed by atoms with Gasteiger partial charge in [-0.1, -0.05) is 6.07 Å². The summed E-state index contributed by atoms with van der Waals surface area (Å²) in [5, 5.41) is 5.18. The van der Waals surface area contributed by atoms with Crippen LogP contribution in [0.4, 0.5) is 4.39 Å². The van der Waals surface area contributed by atoms with Gasteiger partial charge in [0.2, 0.25) is 11.8 Å². The second-order valence-corrected chi connectivity index (χ2v) is 8.85. The van der Waals surface area contributed by atoms with Crippen LogP contribution in [-0.2, 0) is 21.5 Å². The lowest BCUT2D eigenvalue weighted by atomic mass is 9.82. The first-order valence-corrected chi connectivity index (χ1v) is 11.3. The molecule has 0 bridgehead atoms. The number of nitrogens with one attached hydrogen (secondary N) is 2. The molecule has 0 spiro atoms. The molecule has 2 aliphatic heterocycles. The van der Waals surface area contributed by atoms with Crippen LogP contribution in [0.15, 0.2) is 40.8 Å². The third-order valence-electron chi connectivity index (χ3n) is 6.56. The predicted molar refractivity (Wildman–Crippen MR) is 125 cm³/mol. The Morgan fingerprint density at radius 2 is 2.06 bits per heavy atom. The van der Waals surface area contributed by atoms with Crippen molar-refractivity contribution in [1.29, 1.82) is 0 Å². The van der Waals surface area contributed by atoms with Crippen molar-refractivity contribution >= 4 is 34.6 Å². The maximum atomic E-state index is 14.7. The number of halogens is 1. The van der Waals surface area contributed by atoms with Crippen molar-refractivity contribution in [2.24, 2.45) is 5.73 Å². The number of carbonyl (C=O) groups is 4. The van der Waals surface area contributed by atoms with E-state index in [1.165, 1.54) is 24.1 Å². The van der Waals surface area contributed by atoms with E-state index >= 15 is 0 Å². The van der Waals surface area contributed by atoms with E-state index in [4.69, 9.17) is 14.9 Å². The second kappa shape index (κ2) is 8.76. The Morgan fingerprint density at radius 3 is 2.75 bits per heavy atom. The van der Waals surface area contributed by atoms with Gasteiger partial charge in [0.05, 0.1) is 19.1 Å². The van der Waals surface area contributed by atoms with Crippen LogP contribution in [0.1, 0.15) is 38.5 Å². The molecule has 4 N–H and O–H groups in total. The summed E-state index contributed by atoms with van der Waals surface area (Å²) in [4.78, 5) is 52.3. The number of nitrogens with zero attached hydrogens (tertiary/aromatic N) is 1. The molecule has 4 amide bonds. The van der Waals surface area contributed by atoms with Gasteiger partial charge in [0, 0.05) is 43.2 Å². The number of hydrogen-bond donors (Lipinski definition) is 3. The van der Waals surface area contributed by atoms with E-state index in [-0.39, 0.29) is 55.4 Å². The summed E-state index contributed by atoms with van der Waals surface area (Å²) < 4.78 is 25.7. The van der Waals surface area contributed by atoms with Gasteiger partial charge in [-0.3, -0.25) is 24.5 Å². The number of ether oxygens (including phenoxy) is 1. The third-order valence-corrected chi connectivity index (χ3v) is 6.56. The zero-order valence-corrected chi connectivity index (χ0v) is 19.4. The number of rotatable bonds is 7. The first kappa shape index (κ1) is 23.5. The molecule has 2 aromatic carbocycles. The number of hydrogen-bond acceptors (Lipinski definition) is 7. The Bertz CT molecular complexity index is 1430. The minimum Gasteiger partial charge on any atom is -0.497 e. The average molecular weight is 494 g/mol. The van der Waals surface area contributed by atoms with E-state index in [1.807, 2.05) is 0 Å². The molecule has 1 atom stereocenters. The smallest absolute Gasteiger partial charge is 0.254 e. The highest BCUT2D eigenvalue weighted by atomic mass is 19.1. The number of furan rings is 1. The van der Waals surface area contributed by atoms with E-state index < -0.39 is 29.0 Å². The lowest BCUT2D eigenvalue weighted by Gasteiger charge is -2.28. The van der Waals surface area contributed by atoms with Crippen LogP contribution in [0, 0.1) is 5.82 Å². The SMILES string of the molecule is COc1ccc2c(c1)C(=O)N(C[C@@]1(c3cc4cc(C(=O)NCCN)c(F)cc4o3)CC(=O)NC1=O)C2. The van der Waals surface area contributed by atoms with Crippen LogP contribution in [0.3, 0.4) is 0 Å². The van der Waals surface area contributed by atoms with Gasteiger partial charge in [-0.05, 0) is 29.8 Å². The van der Waals surface area contributed by atoms with Crippen molar-refractivity contribution in [3.05, 3.63) is 64.7 Å². The highest BCUT2D eigenvalue weighted by molar-refractivity contribution is 6.10. The topological polar surface area (TPSA) is 144 Å². The van der Waals surface area contributed by atoms with Gasteiger partial charge < -0.3 is 25.1 Å². The lowest BCUT2D eigenvalue weighted by molar-refractivity contribution is -0.127. The van der Waals surface area contributed by atoms with Crippen molar-refractivity contribution in [3.8, 4) is 5.75 Å². The Morgan fingerprint density at radius 1 is 1.25 bits per heavy atom. The van der Waals surface area contributed by atoms with E-state index in [0.29, 0.717) is 16.7 Å². The number of carbonyl (C=O) groups excluding carboxylic acids is 4. The minimum absolute atomic E-state index is 0.0982. The van der Waals surface area contributed by atoms with Crippen molar-refractivity contribution < 1.29 is 32.7 Å². The van der Waals surface area contributed by atoms with Crippen LogP contribution in [0.2, 0.25) is 0 Å². The normalized spacial score (nSPS) is 19.1. The van der Waals surface area contributed by atoms with Gasteiger partial charge >= 0.3 is 0 Å². The van der Waals surface area contributed by atoms with Crippen molar-refractivity contribution in [2.75, 3.05) is 26.7 Å². The average Bonchev–Trinajstić information content (AvgIpc) is 3.50. The zero-order chi connectivity index (χ0) is 25.6. The van der Waals surface area contributed by atoms with Crippen molar-refractivity contribution in [1.82, 2.24) is 15.5 Å². The van der Waals surface area contributed by atoms with Gasteiger partial charge in [0.15, 0.2) is 0 Å². The highest BCUT2D eigenvalue weighted by Gasteiger charge is 2.53. The number of amides is 4. The fraction of sp³-hybridized carbons (Fsp3) is 0.280. The molecule has 3 heterocycles. The summed E-state index contributed by atoms with van der Waals surface area (Å²) >= 11 is 0. The molecule has 3 aromatic rings. The standard InChI is InChI=1S/C25H23FN4O6/c1-35-15-3-2-13-11-30(23(33)16(13)8-15)12-25(10-21(31)29-24(25)34)20-7-14-6-17(22(32)28-5-4-27)18(26)9-19(14)36-20/h2-3,6-9H,4-5,10-12,27H2,1H3,(H,28,32)(H,29,31,34)/t25-/m1/s1. The molecule has 0 saturated carbocycles. The summed E-state index contributed by atoms with van der Waals surface area (Å²) in [5.41, 5.74) is 4.99. The molecule has 36 heavy (non-hydrogen) atoms. The number of imide groups is 1. The minimum atomic E-state index is -1.52. The van der Waals surface area contributed by atoms with Gasteiger partial charge in [-0.25, -0.2) is 4.39 Å². The molecule has 1 aromatic heterocycles. The predicted octanol–water partition coefficient (Wildman–Crippen LogP) is 1.21. The first-order chi connectivity index (χ1) is 17.3. The fourth-order valence-corrected chi connectivity index (χ4v) is 4.72. The fourth-order valence-electron chi connectivity index (χ4n) is 4.72.